The van der Waals surface area contributed by atoms with Gasteiger partial charge in [-0.15, -0.1) is 0 Å². The fourth-order valence-electron chi connectivity index (χ4n) is 2.31. The first-order chi connectivity index (χ1) is 9.63. The molecule has 2 rings (SSSR count). The number of aryl methyl sites for hydroxylation is 1. The summed E-state index contributed by atoms with van der Waals surface area (Å²) in [7, 11) is 0. The molecule has 0 bridgehead atoms. The molecule has 0 radical (unpaired) electrons. The van der Waals surface area contributed by atoms with E-state index in [9.17, 15) is 4.39 Å². The van der Waals surface area contributed by atoms with Crippen LogP contribution in [-0.2, 0) is 6.54 Å². The Morgan fingerprint density at radius 2 is 1.95 bits per heavy atom. The Morgan fingerprint density at radius 3 is 2.60 bits per heavy atom. The third-order valence-electron chi connectivity index (χ3n) is 3.30. The quantitative estimate of drug-likeness (QED) is 0.837. The zero-order valence-corrected chi connectivity index (χ0v) is 11.7. The van der Waals surface area contributed by atoms with Crippen LogP contribution in [-0.4, -0.2) is 6.54 Å². The van der Waals surface area contributed by atoms with Gasteiger partial charge in [-0.25, -0.2) is 4.39 Å². The minimum absolute atomic E-state index is 0.361. The van der Waals surface area contributed by atoms with Crippen molar-refractivity contribution in [3.05, 3.63) is 65.0 Å². The Bertz CT molecular complexity index is 644. The van der Waals surface area contributed by atoms with Gasteiger partial charge in [0.1, 0.15) is 5.82 Å². The van der Waals surface area contributed by atoms with Gasteiger partial charge in [0, 0.05) is 18.8 Å². The number of para-hydroxylation sites is 1. The van der Waals surface area contributed by atoms with Crippen molar-refractivity contribution < 1.29 is 4.39 Å². The summed E-state index contributed by atoms with van der Waals surface area (Å²) in [5, 5.41) is 8.91. The third-order valence-corrected chi connectivity index (χ3v) is 3.30. The molecule has 0 atom stereocenters. The highest BCUT2D eigenvalue weighted by atomic mass is 19.1. The lowest BCUT2D eigenvalue weighted by Crippen LogP contribution is -2.22. The van der Waals surface area contributed by atoms with Crippen LogP contribution in [0.3, 0.4) is 0 Å². The number of hydrogen-bond donors (Lipinski definition) is 0. The lowest BCUT2D eigenvalue weighted by Gasteiger charge is -2.25. The second-order valence-electron chi connectivity index (χ2n) is 4.76. The molecule has 0 aliphatic rings. The Balaban J connectivity index is 2.30. The molecule has 0 saturated heterocycles. The van der Waals surface area contributed by atoms with Crippen molar-refractivity contribution in [2.24, 2.45) is 0 Å². The van der Waals surface area contributed by atoms with Gasteiger partial charge in [0.25, 0.3) is 0 Å². The SMILES string of the molecule is CCN(Cc1cc(F)cc(C#N)c1)c1ccccc1C. The normalized spacial score (nSPS) is 10.1. The molecule has 3 heteroatoms. The van der Waals surface area contributed by atoms with Crippen LogP contribution in [0.15, 0.2) is 42.5 Å². The van der Waals surface area contributed by atoms with E-state index in [0.717, 1.165) is 17.8 Å². The minimum Gasteiger partial charge on any atom is -0.367 e. The summed E-state index contributed by atoms with van der Waals surface area (Å²) >= 11 is 0. The highest BCUT2D eigenvalue weighted by molar-refractivity contribution is 5.53. The number of halogens is 1. The van der Waals surface area contributed by atoms with Crippen LogP contribution in [0.1, 0.15) is 23.6 Å². The van der Waals surface area contributed by atoms with Gasteiger partial charge in [-0.3, -0.25) is 0 Å². The van der Waals surface area contributed by atoms with Crippen LogP contribution in [0, 0.1) is 24.1 Å². The Kier molecular flexibility index (Phi) is 4.37. The first-order valence-electron chi connectivity index (χ1n) is 6.64. The fourth-order valence-corrected chi connectivity index (χ4v) is 2.31. The Morgan fingerprint density at radius 1 is 1.20 bits per heavy atom. The number of benzene rings is 2. The first-order valence-corrected chi connectivity index (χ1v) is 6.64. The summed E-state index contributed by atoms with van der Waals surface area (Å²) in [6.45, 7) is 5.54. The lowest BCUT2D eigenvalue weighted by molar-refractivity contribution is 0.624. The van der Waals surface area contributed by atoms with Gasteiger partial charge < -0.3 is 4.90 Å². The molecule has 2 aromatic carbocycles. The first kappa shape index (κ1) is 14.1. The van der Waals surface area contributed by atoms with E-state index < -0.39 is 0 Å². The van der Waals surface area contributed by atoms with Gasteiger partial charge in [-0.1, -0.05) is 18.2 Å². The smallest absolute Gasteiger partial charge is 0.124 e. The summed E-state index contributed by atoms with van der Waals surface area (Å²) in [6.07, 6.45) is 0. The van der Waals surface area contributed by atoms with E-state index in [1.54, 1.807) is 6.07 Å². The number of anilines is 1. The standard InChI is InChI=1S/C17H17FN2/c1-3-20(17-7-5-4-6-13(17)2)12-15-8-14(11-19)9-16(18)10-15/h4-10H,3,12H2,1-2H3. The summed E-state index contributed by atoms with van der Waals surface area (Å²) in [5.74, 6) is -0.361. The Hall–Kier alpha value is -2.34. The Labute approximate surface area is 119 Å². The van der Waals surface area contributed by atoms with Crippen LogP contribution < -0.4 is 4.90 Å². The molecule has 0 spiro atoms. The maximum Gasteiger partial charge on any atom is 0.124 e. The number of nitriles is 1. The van der Waals surface area contributed by atoms with Crippen molar-refractivity contribution in [3.8, 4) is 6.07 Å². The lowest BCUT2D eigenvalue weighted by atomic mass is 10.1. The second-order valence-corrected chi connectivity index (χ2v) is 4.76. The molecular weight excluding hydrogens is 251 g/mol. The average Bonchev–Trinajstić information content (AvgIpc) is 2.45. The maximum atomic E-state index is 13.5. The molecule has 0 N–H and O–H groups in total. The van der Waals surface area contributed by atoms with Crippen LogP contribution in [0.5, 0.6) is 0 Å². The van der Waals surface area contributed by atoms with E-state index >= 15 is 0 Å². The highest BCUT2D eigenvalue weighted by Crippen LogP contribution is 2.22. The van der Waals surface area contributed by atoms with Crippen molar-refractivity contribution in [2.45, 2.75) is 20.4 Å². The molecule has 0 aliphatic carbocycles. The molecule has 0 aliphatic heterocycles. The summed E-state index contributed by atoms with van der Waals surface area (Å²) in [5.41, 5.74) is 3.50. The van der Waals surface area contributed by atoms with Crippen molar-refractivity contribution >= 4 is 5.69 Å². The molecule has 102 valence electrons. The van der Waals surface area contributed by atoms with E-state index in [1.807, 2.05) is 18.2 Å². The van der Waals surface area contributed by atoms with Crippen LogP contribution in [0.2, 0.25) is 0 Å². The molecule has 0 aromatic heterocycles. The van der Waals surface area contributed by atoms with Gasteiger partial charge in [-0.05, 0) is 49.2 Å². The van der Waals surface area contributed by atoms with Crippen molar-refractivity contribution in [1.29, 1.82) is 5.26 Å². The average molecular weight is 268 g/mol. The van der Waals surface area contributed by atoms with E-state index in [0.29, 0.717) is 12.1 Å². The van der Waals surface area contributed by atoms with E-state index in [-0.39, 0.29) is 5.82 Å². The monoisotopic (exact) mass is 268 g/mol. The minimum atomic E-state index is -0.361. The van der Waals surface area contributed by atoms with Gasteiger partial charge in [0.15, 0.2) is 0 Å². The number of rotatable bonds is 4. The molecule has 20 heavy (non-hydrogen) atoms. The summed E-state index contributed by atoms with van der Waals surface area (Å²) in [4.78, 5) is 2.17. The summed E-state index contributed by atoms with van der Waals surface area (Å²) < 4.78 is 13.5. The van der Waals surface area contributed by atoms with E-state index in [1.165, 1.54) is 17.7 Å². The number of nitrogens with zero attached hydrogens (tertiary/aromatic N) is 2. The second kappa shape index (κ2) is 6.21. The molecule has 0 heterocycles. The fraction of sp³-hybridized carbons (Fsp3) is 0.235. The van der Waals surface area contributed by atoms with E-state index in [2.05, 4.69) is 30.9 Å². The van der Waals surface area contributed by atoms with Crippen molar-refractivity contribution in [2.75, 3.05) is 11.4 Å². The van der Waals surface area contributed by atoms with Gasteiger partial charge in [0.05, 0.1) is 11.6 Å². The number of hydrogen-bond acceptors (Lipinski definition) is 2. The predicted octanol–water partition coefficient (Wildman–Crippen LogP) is 4.03. The van der Waals surface area contributed by atoms with Crippen LogP contribution >= 0.6 is 0 Å². The largest absolute Gasteiger partial charge is 0.367 e. The molecule has 2 aromatic rings. The summed E-state index contributed by atoms with van der Waals surface area (Å²) in [6, 6.07) is 14.6. The highest BCUT2D eigenvalue weighted by Gasteiger charge is 2.09. The van der Waals surface area contributed by atoms with Crippen LogP contribution in [0.4, 0.5) is 10.1 Å². The topological polar surface area (TPSA) is 27.0 Å². The van der Waals surface area contributed by atoms with Crippen molar-refractivity contribution in [3.63, 3.8) is 0 Å². The predicted molar refractivity (Wildman–Crippen MR) is 79.0 cm³/mol. The zero-order valence-electron chi connectivity index (χ0n) is 11.7. The zero-order chi connectivity index (χ0) is 14.5. The van der Waals surface area contributed by atoms with Gasteiger partial charge in [-0.2, -0.15) is 5.26 Å². The van der Waals surface area contributed by atoms with Gasteiger partial charge in [0.2, 0.25) is 0 Å². The molecule has 0 saturated carbocycles. The molecule has 0 fully saturated rings. The van der Waals surface area contributed by atoms with Crippen molar-refractivity contribution in [1.82, 2.24) is 0 Å². The van der Waals surface area contributed by atoms with Crippen LogP contribution in [0.25, 0.3) is 0 Å². The van der Waals surface area contributed by atoms with E-state index in [4.69, 9.17) is 5.26 Å². The third kappa shape index (κ3) is 3.16. The molecule has 0 amide bonds. The molecule has 2 nitrogen and oxygen atoms in total. The molecular formula is C17H17FN2. The maximum absolute atomic E-state index is 13.5. The van der Waals surface area contributed by atoms with Gasteiger partial charge >= 0.3 is 0 Å². The molecule has 0 unspecified atom stereocenters.